The summed E-state index contributed by atoms with van der Waals surface area (Å²) in [7, 11) is 0. The summed E-state index contributed by atoms with van der Waals surface area (Å²) in [5.74, 6) is -2.00. The minimum absolute atomic E-state index is 0. The fourth-order valence-corrected chi connectivity index (χ4v) is 0.283. The van der Waals surface area contributed by atoms with Gasteiger partial charge in [-0.25, -0.2) is 4.39 Å². The average molecular weight is 162 g/mol. The molecule has 5 heteroatoms. The predicted octanol–water partition coefficient (Wildman–Crippen LogP) is 2.96. The van der Waals surface area contributed by atoms with Gasteiger partial charge < -0.3 is 0 Å². The van der Waals surface area contributed by atoms with Crippen LogP contribution < -0.4 is 0 Å². The Hall–Kier alpha value is -0.610. The molecular formula is C5H7F5. The van der Waals surface area contributed by atoms with Crippen molar-refractivity contribution in [2.24, 2.45) is 0 Å². The lowest BCUT2D eigenvalue weighted by Crippen LogP contribution is -2.08. The van der Waals surface area contributed by atoms with E-state index in [0.29, 0.717) is 0 Å². The molecule has 0 spiro atoms. The second kappa shape index (κ2) is 3.53. The molecule has 0 heterocycles. The first-order valence-electron chi connectivity index (χ1n) is 2.26. The van der Waals surface area contributed by atoms with Gasteiger partial charge in [0.1, 0.15) is 0 Å². The van der Waals surface area contributed by atoms with Crippen LogP contribution in [0.15, 0.2) is 11.4 Å². The zero-order chi connectivity index (χ0) is 7.65. The van der Waals surface area contributed by atoms with Crippen molar-refractivity contribution in [1.82, 2.24) is 0 Å². The number of hydrogen-bond donors (Lipinski definition) is 0. The lowest BCUT2D eigenvalue weighted by atomic mass is 10.3. The standard InChI is InChI=1S/C5H6F4.FH/c1-3(2)4(6)5(7,8)9;/h1-2H3;1H. The molecular weight excluding hydrogens is 155 g/mol. The van der Waals surface area contributed by atoms with Gasteiger partial charge in [0, 0.05) is 0 Å². The molecule has 0 aliphatic heterocycles. The Bertz CT molecular complexity index is 127. The molecule has 0 aromatic heterocycles. The number of halogens is 5. The van der Waals surface area contributed by atoms with E-state index >= 15 is 0 Å². The summed E-state index contributed by atoms with van der Waals surface area (Å²) in [6.07, 6.45) is -4.81. The molecule has 0 atom stereocenters. The molecule has 62 valence electrons. The van der Waals surface area contributed by atoms with Gasteiger partial charge >= 0.3 is 6.18 Å². The number of hydrogen-bond acceptors (Lipinski definition) is 0. The smallest absolute Gasteiger partial charge is 0.269 e. The summed E-state index contributed by atoms with van der Waals surface area (Å²) >= 11 is 0. The molecule has 0 saturated carbocycles. The molecule has 0 amide bonds. The third-order valence-electron chi connectivity index (χ3n) is 0.688. The van der Waals surface area contributed by atoms with Gasteiger partial charge in [-0.05, 0) is 19.4 Å². The molecule has 0 nitrogen and oxygen atoms in total. The highest BCUT2D eigenvalue weighted by atomic mass is 19.4. The fourth-order valence-electron chi connectivity index (χ4n) is 0.283. The summed E-state index contributed by atoms with van der Waals surface area (Å²) in [5.41, 5.74) is -0.345. The second-order valence-corrected chi connectivity index (χ2v) is 1.81. The monoisotopic (exact) mass is 162 g/mol. The molecule has 0 aliphatic carbocycles. The Morgan fingerprint density at radius 3 is 1.40 bits per heavy atom. The van der Waals surface area contributed by atoms with E-state index < -0.39 is 12.0 Å². The third-order valence-corrected chi connectivity index (χ3v) is 0.688. The van der Waals surface area contributed by atoms with Gasteiger partial charge in [0.15, 0.2) is 0 Å². The van der Waals surface area contributed by atoms with E-state index in [9.17, 15) is 17.6 Å². The zero-order valence-corrected chi connectivity index (χ0v) is 5.42. The lowest BCUT2D eigenvalue weighted by molar-refractivity contribution is -0.109. The third kappa shape index (κ3) is 3.42. The highest BCUT2D eigenvalue weighted by Crippen LogP contribution is 2.28. The molecule has 0 fully saturated rings. The first-order chi connectivity index (χ1) is 3.85. The molecule has 0 bridgehead atoms. The Morgan fingerprint density at radius 2 is 1.40 bits per heavy atom. The van der Waals surface area contributed by atoms with Gasteiger partial charge in [-0.1, -0.05) is 0 Å². The zero-order valence-electron chi connectivity index (χ0n) is 5.42. The van der Waals surface area contributed by atoms with Crippen LogP contribution in [0.1, 0.15) is 13.8 Å². The van der Waals surface area contributed by atoms with Crippen LogP contribution in [-0.4, -0.2) is 6.18 Å². The van der Waals surface area contributed by atoms with Gasteiger partial charge in [-0.15, -0.1) is 0 Å². The summed E-state index contributed by atoms with van der Waals surface area (Å²) in [6.45, 7) is 2.14. The summed E-state index contributed by atoms with van der Waals surface area (Å²) in [5, 5.41) is 0. The molecule has 0 N–H and O–H groups in total. The average Bonchev–Trinajstić information content (AvgIpc) is 1.62. The van der Waals surface area contributed by atoms with Crippen LogP contribution in [-0.2, 0) is 0 Å². The minimum atomic E-state index is -4.81. The SMILES string of the molecule is CC(C)=C(F)C(F)(F)F.F. The Kier molecular flexibility index (Phi) is 4.27. The number of allylic oxidation sites excluding steroid dienone is 2. The van der Waals surface area contributed by atoms with E-state index in [1.54, 1.807) is 0 Å². The first kappa shape index (κ1) is 12.1. The molecule has 10 heavy (non-hydrogen) atoms. The minimum Gasteiger partial charge on any atom is -0.269 e. The van der Waals surface area contributed by atoms with E-state index in [0.717, 1.165) is 13.8 Å². The van der Waals surface area contributed by atoms with E-state index in [1.165, 1.54) is 0 Å². The van der Waals surface area contributed by atoms with Crippen LogP contribution in [0.25, 0.3) is 0 Å². The highest BCUT2D eigenvalue weighted by Gasteiger charge is 2.35. The summed E-state index contributed by atoms with van der Waals surface area (Å²) in [4.78, 5) is 0. The number of alkyl halides is 3. The van der Waals surface area contributed by atoms with Crippen molar-refractivity contribution in [2.45, 2.75) is 20.0 Å². The largest absolute Gasteiger partial charge is 0.442 e. The van der Waals surface area contributed by atoms with E-state index in [2.05, 4.69) is 0 Å². The van der Waals surface area contributed by atoms with Crippen molar-refractivity contribution in [1.29, 1.82) is 0 Å². The van der Waals surface area contributed by atoms with Crippen LogP contribution >= 0.6 is 0 Å². The Labute approximate surface area is 54.9 Å². The summed E-state index contributed by atoms with van der Waals surface area (Å²) < 4.78 is 45.6. The van der Waals surface area contributed by atoms with Crippen LogP contribution in [0, 0.1) is 0 Å². The maximum absolute atomic E-state index is 11.8. The quantitative estimate of drug-likeness (QED) is 0.480. The summed E-state index contributed by atoms with van der Waals surface area (Å²) in [6, 6.07) is 0. The predicted molar refractivity (Wildman–Crippen MR) is 28.0 cm³/mol. The molecule has 0 radical (unpaired) electrons. The first-order valence-corrected chi connectivity index (χ1v) is 2.26. The maximum Gasteiger partial charge on any atom is 0.442 e. The second-order valence-electron chi connectivity index (χ2n) is 1.81. The molecule has 0 unspecified atom stereocenters. The van der Waals surface area contributed by atoms with Crippen molar-refractivity contribution in [3.8, 4) is 0 Å². The van der Waals surface area contributed by atoms with Crippen molar-refractivity contribution >= 4 is 0 Å². The van der Waals surface area contributed by atoms with Crippen LogP contribution in [0.3, 0.4) is 0 Å². The van der Waals surface area contributed by atoms with E-state index in [4.69, 9.17) is 0 Å². The fraction of sp³-hybridized carbons (Fsp3) is 0.600. The molecule has 0 rings (SSSR count). The van der Waals surface area contributed by atoms with Crippen molar-refractivity contribution in [2.75, 3.05) is 0 Å². The van der Waals surface area contributed by atoms with E-state index in [1.807, 2.05) is 0 Å². The molecule has 0 aromatic rings. The lowest BCUT2D eigenvalue weighted by Gasteiger charge is -2.02. The van der Waals surface area contributed by atoms with Gasteiger partial charge in [0.25, 0.3) is 0 Å². The van der Waals surface area contributed by atoms with Crippen LogP contribution in [0.4, 0.5) is 22.3 Å². The highest BCUT2D eigenvalue weighted by molar-refractivity contribution is 5.06. The maximum atomic E-state index is 11.8. The van der Waals surface area contributed by atoms with Gasteiger partial charge in [-0.3, -0.25) is 4.70 Å². The van der Waals surface area contributed by atoms with Crippen molar-refractivity contribution < 1.29 is 22.3 Å². The van der Waals surface area contributed by atoms with Crippen molar-refractivity contribution in [3.63, 3.8) is 0 Å². The topological polar surface area (TPSA) is 0 Å². The van der Waals surface area contributed by atoms with Crippen LogP contribution in [0.2, 0.25) is 0 Å². The normalized spacial score (nSPS) is 10.2. The van der Waals surface area contributed by atoms with Crippen LogP contribution in [0.5, 0.6) is 0 Å². The van der Waals surface area contributed by atoms with Gasteiger partial charge in [0.05, 0.1) is 0 Å². The number of rotatable bonds is 0. The molecule has 0 aromatic carbocycles. The van der Waals surface area contributed by atoms with Crippen molar-refractivity contribution in [3.05, 3.63) is 11.4 Å². The Morgan fingerprint density at radius 1 is 1.10 bits per heavy atom. The van der Waals surface area contributed by atoms with Gasteiger partial charge in [-0.2, -0.15) is 13.2 Å². The van der Waals surface area contributed by atoms with Gasteiger partial charge in [0.2, 0.25) is 5.83 Å². The molecule has 0 saturated heterocycles. The van der Waals surface area contributed by atoms with E-state index in [-0.39, 0.29) is 10.3 Å². The molecule has 0 aliphatic rings. The Balaban J connectivity index is 0.